The van der Waals surface area contributed by atoms with Gasteiger partial charge in [-0.3, -0.25) is 0 Å². The van der Waals surface area contributed by atoms with Crippen molar-refractivity contribution in [1.82, 2.24) is 5.32 Å². The Labute approximate surface area is 153 Å². The van der Waals surface area contributed by atoms with Crippen LogP contribution < -0.4 is 5.32 Å². The lowest BCUT2D eigenvalue weighted by Crippen LogP contribution is -2.31. The number of nitrogens with one attached hydrogen (secondary N) is 1. The van der Waals surface area contributed by atoms with Crippen LogP contribution in [0.3, 0.4) is 0 Å². The molecule has 4 heteroatoms. The van der Waals surface area contributed by atoms with E-state index in [0.717, 1.165) is 12.8 Å². The van der Waals surface area contributed by atoms with Crippen molar-refractivity contribution in [3.05, 3.63) is 93.9 Å². The minimum Gasteiger partial charge on any atom is -0.303 e. The summed E-state index contributed by atoms with van der Waals surface area (Å²) in [7, 11) is 0. The molecule has 4 rings (SSSR count). The molecular formula is C22H22N4. The van der Waals surface area contributed by atoms with Crippen LogP contribution in [0.4, 0.5) is 0 Å². The summed E-state index contributed by atoms with van der Waals surface area (Å²) in [5.41, 5.74) is 12.9. The van der Waals surface area contributed by atoms with Gasteiger partial charge in [0.15, 0.2) is 0 Å². The van der Waals surface area contributed by atoms with Crippen LogP contribution in [0.15, 0.2) is 71.8 Å². The van der Waals surface area contributed by atoms with Gasteiger partial charge in [-0.1, -0.05) is 71.8 Å². The number of hydrogen-bond donors (Lipinski definition) is 1. The van der Waals surface area contributed by atoms with Crippen molar-refractivity contribution in [3.8, 4) is 0 Å². The number of azide groups is 1. The standard InChI is InChI=1S/C22H22N4/c23-26-24-15-22(20-13-5-9-16-7-1-3-11-18(16)20)25-21-14-6-10-17-8-2-4-12-19(17)21/h1-5,7-9,11-13,21-22,25H,6,10,14-15H2/t21?,22-/m0/s1. The summed E-state index contributed by atoms with van der Waals surface area (Å²) >= 11 is 0. The SMILES string of the molecule is [N-]=[N+]=NC[C@H](NC1CCCc2ccccc21)c1cccc2ccccc12. The molecule has 130 valence electrons. The first-order chi connectivity index (χ1) is 12.9. The highest BCUT2D eigenvalue weighted by atomic mass is 15.1. The number of nitrogens with zero attached hydrogens (tertiary/aromatic N) is 3. The molecule has 1 aliphatic carbocycles. The van der Waals surface area contributed by atoms with E-state index in [9.17, 15) is 0 Å². The van der Waals surface area contributed by atoms with Gasteiger partial charge in [0.25, 0.3) is 0 Å². The molecule has 26 heavy (non-hydrogen) atoms. The summed E-state index contributed by atoms with van der Waals surface area (Å²) in [6.07, 6.45) is 3.43. The Bertz CT molecular complexity index is 954. The van der Waals surface area contributed by atoms with Gasteiger partial charge in [0.2, 0.25) is 0 Å². The van der Waals surface area contributed by atoms with Crippen LogP contribution in [0.5, 0.6) is 0 Å². The van der Waals surface area contributed by atoms with Crippen LogP contribution in [0, 0.1) is 0 Å². The predicted octanol–water partition coefficient (Wildman–Crippen LogP) is 5.86. The van der Waals surface area contributed by atoms with E-state index in [0.29, 0.717) is 6.54 Å². The Morgan fingerprint density at radius 2 is 1.85 bits per heavy atom. The molecule has 1 aliphatic rings. The fourth-order valence-corrected chi connectivity index (χ4v) is 4.08. The van der Waals surface area contributed by atoms with Gasteiger partial charge in [-0.15, -0.1) is 0 Å². The Morgan fingerprint density at radius 1 is 1.04 bits per heavy atom. The summed E-state index contributed by atoms with van der Waals surface area (Å²) in [5, 5.41) is 10.1. The molecule has 2 atom stereocenters. The summed E-state index contributed by atoms with van der Waals surface area (Å²) < 4.78 is 0. The summed E-state index contributed by atoms with van der Waals surface area (Å²) in [5.74, 6) is 0. The summed E-state index contributed by atoms with van der Waals surface area (Å²) in [4.78, 5) is 3.00. The molecule has 3 aromatic rings. The molecule has 0 heterocycles. The van der Waals surface area contributed by atoms with Crippen molar-refractivity contribution in [3.63, 3.8) is 0 Å². The zero-order chi connectivity index (χ0) is 17.8. The Balaban J connectivity index is 1.71. The van der Waals surface area contributed by atoms with Crippen LogP contribution in [-0.2, 0) is 6.42 Å². The van der Waals surface area contributed by atoms with Crippen molar-refractivity contribution in [2.24, 2.45) is 5.11 Å². The monoisotopic (exact) mass is 342 g/mol. The largest absolute Gasteiger partial charge is 0.303 e. The van der Waals surface area contributed by atoms with E-state index in [-0.39, 0.29) is 12.1 Å². The smallest absolute Gasteiger partial charge is 0.0454 e. The van der Waals surface area contributed by atoms with Crippen LogP contribution in [0.2, 0.25) is 0 Å². The lowest BCUT2D eigenvalue weighted by atomic mass is 9.86. The number of aryl methyl sites for hydroxylation is 1. The van der Waals surface area contributed by atoms with Crippen LogP contribution in [0.25, 0.3) is 21.2 Å². The Hall–Kier alpha value is -2.81. The maximum atomic E-state index is 8.87. The van der Waals surface area contributed by atoms with Crippen LogP contribution in [-0.4, -0.2) is 6.54 Å². The molecule has 0 aromatic heterocycles. The minimum absolute atomic E-state index is 0.00634. The highest BCUT2D eigenvalue weighted by molar-refractivity contribution is 5.86. The lowest BCUT2D eigenvalue weighted by Gasteiger charge is -2.31. The summed E-state index contributed by atoms with van der Waals surface area (Å²) in [6.45, 7) is 0.406. The lowest BCUT2D eigenvalue weighted by molar-refractivity contribution is 0.405. The summed E-state index contributed by atoms with van der Waals surface area (Å²) in [6, 6.07) is 23.7. The third kappa shape index (κ3) is 3.30. The maximum absolute atomic E-state index is 8.87. The van der Waals surface area contributed by atoms with Crippen LogP contribution in [0.1, 0.15) is 41.6 Å². The van der Waals surface area contributed by atoms with Crippen molar-refractivity contribution >= 4 is 10.8 Å². The molecule has 0 spiro atoms. The van der Waals surface area contributed by atoms with Crippen molar-refractivity contribution in [2.75, 3.05) is 6.54 Å². The zero-order valence-electron chi connectivity index (χ0n) is 14.7. The second-order valence-electron chi connectivity index (χ2n) is 6.84. The van der Waals surface area contributed by atoms with E-state index >= 15 is 0 Å². The molecule has 0 saturated carbocycles. The molecular weight excluding hydrogens is 320 g/mol. The normalized spacial score (nSPS) is 17.3. The number of rotatable bonds is 5. The molecule has 0 fully saturated rings. The molecule has 0 amide bonds. The quantitative estimate of drug-likeness (QED) is 0.352. The first kappa shape index (κ1) is 16.6. The second-order valence-corrected chi connectivity index (χ2v) is 6.84. The highest BCUT2D eigenvalue weighted by Gasteiger charge is 2.23. The fraction of sp³-hybridized carbons (Fsp3) is 0.273. The van der Waals surface area contributed by atoms with Crippen LogP contribution >= 0.6 is 0 Å². The third-order valence-corrected chi connectivity index (χ3v) is 5.30. The Kier molecular flexibility index (Phi) is 4.87. The van der Waals surface area contributed by atoms with E-state index in [2.05, 4.69) is 82.1 Å². The second kappa shape index (κ2) is 7.61. The molecule has 0 aliphatic heterocycles. The first-order valence-electron chi connectivity index (χ1n) is 9.19. The van der Waals surface area contributed by atoms with E-state index in [1.807, 2.05) is 0 Å². The fourth-order valence-electron chi connectivity index (χ4n) is 4.08. The van der Waals surface area contributed by atoms with Gasteiger partial charge in [-0.25, -0.2) is 0 Å². The molecule has 0 saturated heterocycles. The number of hydrogen-bond acceptors (Lipinski definition) is 2. The molecule has 0 bridgehead atoms. The van der Waals surface area contributed by atoms with Gasteiger partial charge in [-0.05, 0) is 52.3 Å². The topological polar surface area (TPSA) is 60.8 Å². The van der Waals surface area contributed by atoms with Gasteiger partial charge in [0.05, 0.1) is 0 Å². The number of fused-ring (bicyclic) bond motifs is 2. The third-order valence-electron chi connectivity index (χ3n) is 5.30. The van der Waals surface area contributed by atoms with E-state index < -0.39 is 0 Å². The number of benzene rings is 3. The van der Waals surface area contributed by atoms with Gasteiger partial charge in [0, 0.05) is 23.5 Å². The van der Waals surface area contributed by atoms with E-state index in [1.165, 1.54) is 33.9 Å². The van der Waals surface area contributed by atoms with E-state index in [1.54, 1.807) is 0 Å². The first-order valence-corrected chi connectivity index (χ1v) is 9.19. The van der Waals surface area contributed by atoms with Crippen molar-refractivity contribution in [1.29, 1.82) is 0 Å². The van der Waals surface area contributed by atoms with Gasteiger partial charge in [-0.2, -0.15) is 0 Å². The molecule has 4 nitrogen and oxygen atoms in total. The van der Waals surface area contributed by atoms with E-state index in [4.69, 9.17) is 5.53 Å². The van der Waals surface area contributed by atoms with Gasteiger partial charge >= 0.3 is 0 Å². The molecule has 1 unspecified atom stereocenters. The highest BCUT2D eigenvalue weighted by Crippen LogP contribution is 2.33. The molecule has 3 aromatic carbocycles. The predicted molar refractivity (Wildman–Crippen MR) is 106 cm³/mol. The average molecular weight is 342 g/mol. The minimum atomic E-state index is -0.00634. The van der Waals surface area contributed by atoms with Crippen molar-refractivity contribution < 1.29 is 0 Å². The zero-order valence-corrected chi connectivity index (χ0v) is 14.7. The molecule has 0 radical (unpaired) electrons. The Morgan fingerprint density at radius 3 is 2.77 bits per heavy atom. The van der Waals surface area contributed by atoms with Gasteiger partial charge in [0.1, 0.15) is 0 Å². The van der Waals surface area contributed by atoms with Gasteiger partial charge < -0.3 is 5.32 Å². The average Bonchev–Trinajstić information content (AvgIpc) is 2.71. The van der Waals surface area contributed by atoms with Crippen molar-refractivity contribution in [2.45, 2.75) is 31.3 Å². The maximum Gasteiger partial charge on any atom is 0.0454 e. The molecule has 1 N–H and O–H groups in total.